The van der Waals surface area contributed by atoms with Gasteiger partial charge < -0.3 is 15.0 Å². The Kier molecular flexibility index (Phi) is 4.21. The van der Waals surface area contributed by atoms with Gasteiger partial charge in [-0.1, -0.05) is 13.8 Å². The summed E-state index contributed by atoms with van der Waals surface area (Å²) in [4.78, 5) is 4.89. The molecule has 0 fully saturated rings. The van der Waals surface area contributed by atoms with Gasteiger partial charge in [0.2, 0.25) is 0 Å². The lowest BCUT2D eigenvalue weighted by Gasteiger charge is -2.26. The lowest BCUT2D eigenvalue weighted by atomic mass is 9.98. The van der Waals surface area contributed by atoms with Crippen molar-refractivity contribution in [3.8, 4) is 17.0 Å². The average molecular weight is 299 g/mol. The van der Waals surface area contributed by atoms with Crippen molar-refractivity contribution in [3.63, 3.8) is 0 Å². The van der Waals surface area contributed by atoms with Crippen molar-refractivity contribution >= 4 is 0 Å². The molecule has 1 aliphatic rings. The molecular formula is C18H25N3O. The third-order valence-electron chi connectivity index (χ3n) is 4.37. The summed E-state index contributed by atoms with van der Waals surface area (Å²) in [6.45, 7) is 8.09. The number of hydrogen-bond acceptors (Lipinski definition) is 3. The molecule has 4 heteroatoms. The molecule has 2 heterocycles. The Hall–Kier alpha value is -1.81. The van der Waals surface area contributed by atoms with E-state index in [4.69, 9.17) is 15.5 Å². The second-order valence-electron chi connectivity index (χ2n) is 6.28. The number of nitrogens with zero attached hydrogens (tertiary/aromatic N) is 2. The van der Waals surface area contributed by atoms with Gasteiger partial charge in [-0.2, -0.15) is 0 Å². The van der Waals surface area contributed by atoms with E-state index in [9.17, 15) is 0 Å². The Labute approximate surface area is 132 Å². The summed E-state index contributed by atoms with van der Waals surface area (Å²) in [6, 6.07) is 8.47. The van der Waals surface area contributed by atoms with Crippen molar-refractivity contribution in [2.75, 3.05) is 6.61 Å². The van der Waals surface area contributed by atoms with Crippen LogP contribution in [-0.2, 0) is 6.54 Å². The highest BCUT2D eigenvalue weighted by molar-refractivity contribution is 5.63. The molecule has 0 spiro atoms. The van der Waals surface area contributed by atoms with Crippen LogP contribution in [0.15, 0.2) is 24.3 Å². The van der Waals surface area contributed by atoms with Crippen molar-refractivity contribution in [2.45, 2.75) is 52.1 Å². The molecule has 2 unspecified atom stereocenters. The van der Waals surface area contributed by atoms with Gasteiger partial charge in [0.15, 0.2) is 0 Å². The number of nitrogens with two attached hydrogens (primary N) is 1. The first kappa shape index (κ1) is 15.1. The highest BCUT2D eigenvalue weighted by atomic mass is 16.5. The van der Waals surface area contributed by atoms with Gasteiger partial charge in [-0.25, -0.2) is 4.98 Å². The van der Waals surface area contributed by atoms with Crippen molar-refractivity contribution in [2.24, 2.45) is 5.73 Å². The van der Waals surface area contributed by atoms with E-state index >= 15 is 0 Å². The number of rotatable bonds is 4. The van der Waals surface area contributed by atoms with E-state index in [1.807, 2.05) is 12.1 Å². The summed E-state index contributed by atoms with van der Waals surface area (Å²) >= 11 is 0. The smallest absolute Gasteiger partial charge is 0.119 e. The van der Waals surface area contributed by atoms with Crippen LogP contribution in [0.1, 0.15) is 44.1 Å². The number of benzene rings is 1. The number of fused-ring (bicyclic) bond motifs is 1. The maximum Gasteiger partial charge on any atom is 0.119 e. The van der Waals surface area contributed by atoms with Gasteiger partial charge in [-0.15, -0.1) is 0 Å². The van der Waals surface area contributed by atoms with Gasteiger partial charge in [0.25, 0.3) is 0 Å². The lowest BCUT2D eigenvalue weighted by molar-refractivity contribution is 0.317. The Morgan fingerprint density at radius 3 is 2.73 bits per heavy atom. The fourth-order valence-electron chi connectivity index (χ4n) is 3.23. The van der Waals surface area contributed by atoms with Gasteiger partial charge >= 0.3 is 0 Å². The number of aromatic nitrogens is 2. The molecule has 0 aliphatic carbocycles. The van der Waals surface area contributed by atoms with E-state index in [0.717, 1.165) is 43.0 Å². The molecular weight excluding hydrogens is 274 g/mol. The van der Waals surface area contributed by atoms with E-state index in [-0.39, 0.29) is 6.04 Å². The molecule has 2 N–H and O–H groups in total. The summed E-state index contributed by atoms with van der Waals surface area (Å²) in [5.41, 5.74) is 9.58. The second-order valence-corrected chi connectivity index (χ2v) is 6.28. The zero-order valence-electron chi connectivity index (χ0n) is 13.7. The Morgan fingerprint density at radius 1 is 1.32 bits per heavy atom. The molecule has 4 nitrogen and oxygen atoms in total. The van der Waals surface area contributed by atoms with Crippen LogP contribution in [0.2, 0.25) is 0 Å². The predicted octanol–water partition coefficient (Wildman–Crippen LogP) is 3.48. The zero-order valence-corrected chi connectivity index (χ0v) is 13.7. The van der Waals surface area contributed by atoms with Crippen LogP contribution in [-0.4, -0.2) is 22.2 Å². The molecule has 0 amide bonds. The minimum Gasteiger partial charge on any atom is -0.494 e. The molecule has 0 bridgehead atoms. The summed E-state index contributed by atoms with van der Waals surface area (Å²) in [6.07, 6.45) is 2.03. The molecule has 22 heavy (non-hydrogen) atoms. The molecule has 2 atom stereocenters. The minimum absolute atomic E-state index is 0.230. The van der Waals surface area contributed by atoms with Crippen LogP contribution < -0.4 is 10.5 Å². The monoisotopic (exact) mass is 299 g/mol. The molecule has 0 saturated carbocycles. The summed E-state index contributed by atoms with van der Waals surface area (Å²) < 4.78 is 7.93. The molecule has 1 aromatic carbocycles. The fourth-order valence-corrected chi connectivity index (χ4v) is 3.23. The normalized spacial score (nSPS) is 20.7. The number of ether oxygens (including phenoxy) is 1. The van der Waals surface area contributed by atoms with Crippen molar-refractivity contribution in [1.82, 2.24) is 9.55 Å². The fraction of sp³-hybridized carbons (Fsp3) is 0.500. The first-order valence-electron chi connectivity index (χ1n) is 8.16. The van der Waals surface area contributed by atoms with Crippen LogP contribution in [0.4, 0.5) is 0 Å². The van der Waals surface area contributed by atoms with E-state index < -0.39 is 0 Å². The van der Waals surface area contributed by atoms with Gasteiger partial charge in [0.1, 0.15) is 11.6 Å². The Balaban J connectivity index is 1.91. The SMILES string of the molecule is CCCOc1ccc(-c2nc3n(c2C)CC(N)CC3C)cc1. The maximum absolute atomic E-state index is 6.16. The van der Waals surface area contributed by atoms with Gasteiger partial charge in [-0.05, 0) is 44.0 Å². The first-order chi connectivity index (χ1) is 10.6. The standard InChI is InChI=1S/C18H25N3O/c1-4-9-22-16-7-5-14(6-8-16)17-13(3)21-11-15(19)10-12(2)18(21)20-17/h5-8,12,15H,4,9-11,19H2,1-3H3. The number of hydrogen-bond donors (Lipinski definition) is 1. The van der Waals surface area contributed by atoms with Crippen LogP contribution in [0, 0.1) is 6.92 Å². The largest absolute Gasteiger partial charge is 0.494 e. The van der Waals surface area contributed by atoms with Gasteiger partial charge in [0, 0.05) is 29.8 Å². The van der Waals surface area contributed by atoms with E-state index in [1.165, 1.54) is 11.5 Å². The van der Waals surface area contributed by atoms with Crippen LogP contribution in [0.3, 0.4) is 0 Å². The molecule has 3 rings (SSSR count). The maximum atomic E-state index is 6.16. The molecule has 1 aliphatic heterocycles. The summed E-state index contributed by atoms with van der Waals surface area (Å²) in [5, 5.41) is 0. The van der Waals surface area contributed by atoms with Crippen LogP contribution in [0.5, 0.6) is 5.75 Å². The van der Waals surface area contributed by atoms with Crippen LogP contribution in [0.25, 0.3) is 11.3 Å². The van der Waals surface area contributed by atoms with Crippen molar-refractivity contribution < 1.29 is 4.74 Å². The molecule has 1 aromatic heterocycles. The quantitative estimate of drug-likeness (QED) is 0.940. The minimum atomic E-state index is 0.230. The summed E-state index contributed by atoms with van der Waals surface area (Å²) in [7, 11) is 0. The third-order valence-corrected chi connectivity index (χ3v) is 4.37. The van der Waals surface area contributed by atoms with E-state index in [0.29, 0.717) is 5.92 Å². The van der Waals surface area contributed by atoms with Crippen molar-refractivity contribution in [3.05, 3.63) is 35.8 Å². The topological polar surface area (TPSA) is 53.1 Å². The zero-order chi connectivity index (χ0) is 15.7. The van der Waals surface area contributed by atoms with E-state index in [2.05, 4.69) is 37.5 Å². The molecule has 0 radical (unpaired) electrons. The second kappa shape index (κ2) is 6.13. The van der Waals surface area contributed by atoms with E-state index in [1.54, 1.807) is 0 Å². The molecule has 0 saturated heterocycles. The predicted molar refractivity (Wildman–Crippen MR) is 89.2 cm³/mol. The highest BCUT2D eigenvalue weighted by Gasteiger charge is 2.26. The number of imidazole rings is 1. The third kappa shape index (κ3) is 2.75. The summed E-state index contributed by atoms with van der Waals surface area (Å²) in [5.74, 6) is 2.51. The van der Waals surface area contributed by atoms with Crippen molar-refractivity contribution in [1.29, 1.82) is 0 Å². The molecule has 2 aromatic rings. The lowest BCUT2D eigenvalue weighted by Crippen LogP contribution is -2.34. The Morgan fingerprint density at radius 2 is 2.05 bits per heavy atom. The highest BCUT2D eigenvalue weighted by Crippen LogP contribution is 2.32. The first-order valence-corrected chi connectivity index (χ1v) is 8.16. The van der Waals surface area contributed by atoms with Gasteiger partial charge in [-0.3, -0.25) is 0 Å². The molecule has 118 valence electrons. The Bertz CT molecular complexity index is 645. The van der Waals surface area contributed by atoms with Crippen LogP contribution >= 0.6 is 0 Å². The average Bonchev–Trinajstić information content (AvgIpc) is 2.83. The van der Waals surface area contributed by atoms with Gasteiger partial charge in [0.05, 0.1) is 12.3 Å².